The summed E-state index contributed by atoms with van der Waals surface area (Å²) in [5.41, 5.74) is 0. The number of carbonyl (C=O) groups is 1. The Hall–Kier alpha value is -1.46. The van der Waals surface area contributed by atoms with Crippen molar-refractivity contribution in [3.63, 3.8) is 0 Å². The molecule has 0 atom stereocenters. The number of carbonyl (C=O) groups excluding carboxylic acids is 1. The van der Waals surface area contributed by atoms with E-state index >= 15 is 0 Å². The van der Waals surface area contributed by atoms with Crippen molar-refractivity contribution in [2.24, 2.45) is 4.99 Å². The fourth-order valence-electron chi connectivity index (χ4n) is 3.67. The van der Waals surface area contributed by atoms with Crippen LogP contribution in [0.2, 0.25) is 0 Å². The zero-order valence-electron chi connectivity index (χ0n) is 17.1. The number of hydrogen-bond donors (Lipinski definition) is 2. The van der Waals surface area contributed by atoms with Crippen LogP contribution in [0.15, 0.2) is 4.99 Å². The maximum absolute atomic E-state index is 12.5. The van der Waals surface area contributed by atoms with Gasteiger partial charge in [0, 0.05) is 12.1 Å². The molecule has 0 unspecified atom stereocenters. The van der Waals surface area contributed by atoms with Crippen LogP contribution in [-0.4, -0.2) is 41.3 Å². The van der Waals surface area contributed by atoms with Crippen LogP contribution >= 0.6 is 0 Å². The van der Waals surface area contributed by atoms with Gasteiger partial charge in [0.25, 0.3) is 0 Å². The van der Waals surface area contributed by atoms with Crippen LogP contribution in [0.3, 0.4) is 0 Å². The Balaban J connectivity index is 2.08. The molecule has 0 radical (unpaired) electrons. The highest BCUT2D eigenvalue weighted by Gasteiger charge is 2.25. The van der Waals surface area contributed by atoms with E-state index < -0.39 is 0 Å². The lowest BCUT2D eigenvalue weighted by atomic mass is 9.95. The Morgan fingerprint density at radius 1 is 0.962 bits per heavy atom. The predicted molar refractivity (Wildman–Crippen MR) is 106 cm³/mol. The molecule has 150 valence electrons. The molecule has 6 nitrogen and oxygen atoms in total. The molecule has 6 heteroatoms. The smallest absolute Gasteiger partial charge is 0.336 e. The molecule has 0 aromatic heterocycles. The number of amidine groups is 1. The summed E-state index contributed by atoms with van der Waals surface area (Å²) >= 11 is 0. The Morgan fingerprint density at radius 2 is 1.54 bits per heavy atom. The minimum atomic E-state index is -0.211. The number of hydroxylamine groups is 2. The predicted octanol–water partition coefficient (Wildman–Crippen LogP) is 4.36. The molecular formula is C20H38N4O2. The molecule has 2 fully saturated rings. The van der Waals surface area contributed by atoms with Gasteiger partial charge in [-0.25, -0.2) is 9.79 Å². The number of hydrogen-bond acceptors (Lipinski definition) is 3. The Morgan fingerprint density at radius 3 is 2.08 bits per heavy atom. The maximum atomic E-state index is 12.5. The van der Waals surface area contributed by atoms with Gasteiger partial charge < -0.3 is 15.5 Å². The zero-order chi connectivity index (χ0) is 18.9. The van der Waals surface area contributed by atoms with Crippen molar-refractivity contribution in [1.29, 1.82) is 0 Å². The molecule has 2 rings (SSSR count). The summed E-state index contributed by atoms with van der Waals surface area (Å²) in [5.74, 6) is 0. The first-order valence-electron chi connectivity index (χ1n) is 10.6. The van der Waals surface area contributed by atoms with Crippen molar-refractivity contribution in [3.05, 3.63) is 0 Å². The molecule has 2 aliphatic carbocycles. The first-order chi connectivity index (χ1) is 12.5. The van der Waals surface area contributed by atoms with Crippen molar-refractivity contribution in [2.45, 2.75) is 116 Å². The second-order valence-electron chi connectivity index (χ2n) is 8.32. The van der Waals surface area contributed by atoms with E-state index in [0.29, 0.717) is 18.1 Å². The van der Waals surface area contributed by atoms with Gasteiger partial charge in [0.05, 0.1) is 12.1 Å². The van der Waals surface area contributed by atoms with Crippen LogP contribution in [0.25, 0.3) is 0 Å². The van der Waals surface area contributed by atoms with Gasteiger partial charge in [-0.3, -0.25) is 0 Å². The molecule has 0 saturated heterocycles. The molecule has 2 aliphatic rings. The topological polar surface area (TPSA) is 66.0 Å². The third-order valence-electron chi connectivity index (χ3n) is 5.07. The number of nitrogens with zero attached hydrogens (tertiary/aromatic N) is 2. The van der Waals surface area contributed by atoms with Crippen LogP contribution < -0.4 is 10.6 Å². The van der Waals surface area contributed by atoms with Gasteiger partial charge in [0.1, 0.15) is 0 Å². The van der Waals surface area contributed by atoms with E-state index in [1.807, 2.05) is 27.7 Å². The number of amides is 2. The summed E-state index contributed by atoms with van der Waals surface area (Å²) in [7, 11) is 0. The average molecular weight is 367 g/mol. The van der Waals surface area contributed by atoms with Gasteiger partial charge in [0.15, 0.2) is 0 Å². The summed E-state index contributed by atoms with van der Waals surface area (Å²) in [5, 5.41) is 7.83. The first kappa shape index (κ1) is 20.8. The fourth-order valence-corrected chi connectivity index (χ4v) is 3.67. The molecule has 2 saturated carbocycles. The molecule has 0 spiro atoms. The van der Waals surface area contributed by atoms with Crippen molar-refractivity contribution < 1.29 is 9.63 Å². The number of urea groups is 1. The molecule has 2 N–H and O–H groups in total. The Bertz CT molecular complexity index is 453. The zero-order valence-corrected chi connectivity index (χ0v) is 17.1. The van der Waals surface area contributed by atoms with Crippen LogP contribution in [0.1, 0.15) is 91.9 Å². The van der Waals surface area contributed by atoms with Crippen LogP contribution in [-0.2, 0) is 4.84 Å². The molecule has 2 amide bonds. The maximum Gasteiger partial charge on any atom is 0.351 e. The summed E-state index contributed by atoms with van der Waals surface area (Å²) in [6, 6.07) is 1.01. The fraction of sp³-hybridized carbons (Fsp3) is 0.900. The molecule has 26 heavy (non-hydrogen) atoms. The second-order valence-corrected chi connectivity index (χ2v) is 8.32. The highest BCUT2D eigenvalue weighted by Crippen LogP contribution is 2.22. The quantitative estimate of drug-likeness (QED) is 0.441. The number of nitrogens with one attached hydrogen (secondary N) is 2. The summed E-state index contributed by atoms with van der Waals surface area (Å²) in [6.45, 7) is 7.82. The lowest BCUT2D eigenvalue weighted by Crippen LogP contribution is -2.50. The highest BCUT2D eigenvalue weighted by atomic mass is 16.7. The average Bonchev–Trinajstić information content (AvgIpc) is 2.60. The summed E-state index contributed by atoms with van der Waals surface area (Å²) in [6.07, 6.45) is 12.1. The van der Waals surface area contributed by atoms with E-state index in [0.717, 1.165) is 25.7 Å². The minimum absolute atomic E-state index is 0.0670. The van der Waals surface area contributed by atoms with Crippen LogP contribution in [0, 0.1) is 0 Å². The number of rotatable bonds is 4. The molecule has 0 aromatic carbocycles. The first-order valence-corrected chi connectivity index (χ1v) is 10.6. The second kappa shape index (κ2) is 10.6. The van der Waals surface area contributed by atoms with Gasteiger partial charge in [-0.1, -0.05) is 38.5 Å². The lowest BCUT2D eigenvalue weighted by Gasteiger charge is -2.31. The molecule has 0 heterocycles. The third-order valence-corrected chi connectivity index (χ3v) is 5.07. The highest BCUT2D eigenvalue weighted by molar-refractivity contribution is 5.79. The standard InChI is InChI=1S/C20H38N4O2/c1-15(2)21-20(25)24(16(3)4)26-19(22-17-11-7-5-8-12-17)23-18-13-9-6-10-14-18/h15-18H,5-14H2,1-4H3,(H,21,25)(H,22,23). The van der Waals surface area contributed by atoms with Crippen LogP contribution in [0.4, 0.5) is 4.79 Å². The largest absolute Gasteiger partial charge is 0.351 e. The Kier molecular flexibility index (Phi) is 8.52. The van der Waals surface area contributed by atoms with Gasteiger partial charge in [-0.2, -0.15) is 5.06 Å². The molecular weight excluding hydrogens is 328 g/mol. The van der Waals surface area contributed by atoms with Gasteiger partial charge >= 0.3 is 12.1 Å². The molecule has 0 aromatic rings. The van der Waals surface area contributed by atoms with Crippen LogP contribution in [0.5, 0.6) is 0 Å². The van der Waals surface area contributed by atoms with E-state index in [4.69, 9.17) is 9.83 Å². The molecule has 0 aliphatic heterocycles. The Labute approximate surface area is 159 Å². The third kappa shape index (κ3) is 7.04. The van der Waals surface area contributed by atoms with E-state index in [-0.39, 0.29) is 18.1 Å². The monoisotopic (exact) mass is 366 g/mol. The van der Waals surface area contributed by atoms with E-state index in [2.05, 4.69) is 10.6 Å². The van der Waals surface area contributed by atoms with Crippen molar-refractivity contribution in [2.75, 3.05) is 0 Å². The van der Waals surface area contributed by atoms with Gasteiger partial charge in [-0.05, 0) is 53.4 Å². The van der Waals surface area contributed by atoms with E-state index in [1.165, 1.54) is 43.6 Å². The van der Waals surface area contributed by atoms with E-state index in [1.54, 1.807) is 0 Å². The molecule has 0 bridgehead atoms. The minimum Gasteiger partial charge on any atom is -0.336 e. The summed E-state index contributed by atoms with van der Waals surface area (Å²) < 4.78 is 0. The lowest BCUT2D eigenvalue weighted by molar-refractivity contribution is -0.0580. The summed E-state index contributed by atoms with van der Waals surface area (Å²) in [4.78, 5) is 23.4. The number of aliphatic imine (C=N–C) groups is 1. The van der Waals surface area contributed by atoms with Crippen molar-refractivity contribution in [3.8, 4) is 0 Å². The van der Waals surface area contributed by atoms with Gasteiger partial charge in [0.2, 0.25) is 0 Å². The SMILES string of the molecule is CC(C)NC(=O)N(OC(=NC1CCCCC1)NC1CCCCC1)C(C)C. The van der Waals surface area contributed by atoms with Crippen molar-refractivity contribution >= 4 is 12.1 Å². The van der Waals surface area contributed by atoms with Gasteiger partial charge in [-0.15, -0.1) is 0 Å². The van der Waals surface area contributed by atoms with Crippen molar-refractivity contribution in [1.82, 2.24) is 15.7 Å². The normalized spacial score (nSPS) is 20.3. The van der Waals surface area contributed by atoms with E-state index in [9.17, 15) is 4.79 Å².